The van der Waals surface area contributed by atoms with Crippen molar-refractivity contribution in [1.82, 2.24) is 47.1 Å². The summed E-state index contributed by atoms with van der Waals surface area (Å²) in [5, 5.41) is 50.0. The van der Waals surface area contributed by atoms with Crippen LogP contribution >= 0.6 is 11.8 Å². The molecule has 1 aromatic heterocycles. The summed E-state index contributed by atoms with van der Waals surface area (Å²) in [7, 11) is 0. The van der Waals surface area contributed by atoms with Crippen LogP contribution in [0.3, 0.4) is 0 Å². The Morgan fingerprint density at radius 2 is 1.53 bits per heavy atom. The highest BCUT2D eigenvalue weighted by Gasteiger charge is 2.45. The summed E-state index contributed by atoms with van der Waals surface area (Å²) in [4.78, 5) is 128. The van der Waals surface area contributed by atoms with Crippen LogP contribution in [0.4, 0.5) is 0 Å². The fraction of sp³-hybridized carbons (Fsp3) is 0.564. The number of fused-ring (bicyclic) bond motifs is 5. The molecule has 3 aliphatic rings. The number of carbonyl (C=O) groups excluding carboxylic acids is 9. The van der Waals surface area contributed by atoms with Gasteiger partial charge in [-0.3, -0.25) is 43.2 Å². The molecule has 1 unspecified atom stereocenters. The average molecular weight is 887 g/mol. The molecule has 9 amide bonds. The van der Waals surface area contributed by atoms with E-state index in [9.17, 15) is 58.5 Å². The lowest BCUT2D eigenvalue weighted by molar-refractivity contribution is -0.144. The maximum Gasteiger partial charge on any atom is 0.246 e. The largest absolute Gasteiger partial charge is 0.394 e. The van der Waals surface area contributed by atoms with Crippen LogP contribution in [0.25, 0.3) is 10.9 Å². The van der Waals surface area contributed by atoms with Gasteiger partial charge < -0.3 is 68.2 Å². The molecular formula is C39H54N10O12S. The fourth-order valence-corrected chi connectivity index (χ4v) is 8.64. The van der Waals surface area contributed by atoms with Crippen LogP contribution in [0.2, 0.25) is 0 Å². The van der Waals surface area contributed by atoms with Gasteiger partial charge in [0.2, 0.25) is 53.2 Å². The lowest BCUT2D eigenvalue weighted by Crippen LogP contribution is -2.62. The summed E-state index contributed by atoms with van der Waals surface area (Å²) < 4.78 is 0. The number of H-pyrrole nitrogens is 1. The third-order valence-corrected chi connectivity index (χ3v) is 12.4. The van der Waals surface area contributed by atoms with Gasteiger partial charge in [-0.25, -0.2) is 0 Å². The molecule has 2 bridgehead atoms. The molecule has 4 heterocycles. The number of thioether (sulfide) groups is 1. The first kappa shape index (κ1) is 47.3. The molecule has 10 atom stereocenters. The lowest BCUT2D eigenvalue weighted by Gasteiger charge is -2.32. The summed E-state index contributed by atoms with van der Waals surface area (Å²) in [6, 6.07) is -2.10. The van der Waals surface area contributed by atoms with Crippen LogP contribution in [0.1, 0.15) is 45.6 Å². The predicted molar refractivity (Wildman–Crippen MR) is 220 cm³/mol. The average Bonchev–Trinajstić information content (AvgIpc) is 3.81. The zero-order valence-corrected chi connectivity index (χ0v) is 35.2. The number of aliphatic hydroxyl groups is 3. The number of nitrogens with zero attached hydrogens (tertiary/aromatic N) is 1. The number of hydrogen-bond acceptors (Lipinski definition) is 13. The number of nitrogens with two attached hydrogens (primary N) is 1. The van der Waals surface area contributed by atoms with Crippen molar-refractivity contribution >= 4 is 75.8 Å². The molecule has 0 saturated carbocycles. The van der Waals surface area contributed by atoms with E-state index in [2.05, 4.69) is 42.2 Å². The first-order chi connectivity index (χ1) is 29.4. The molecule has 0 aliphatic carbocycles. The fourth-order valence-electron chi connectivity index (χ4n) is 7.52. The van der Waals surface area contributed by atoms with Crippen molar-refractivity contribution in [2.45, 2.75) is 99.9 Å². The monoisotopic (exact) mass is 886 g/mol. The maximum atomic E-state index is 14.4. The van der Waals surface area contributed by atoms with Gasteiger partial charge in [0.25, 0.3) is 0 Å². The van der Waals surface area contributed by atoms with Crippen molar-refractivity contribution in [1.29, 1.82) is 0 Å². The van der Waals surface area contributed by atoms with Gasteiger partial charge in [0.15, 0.2) is 0 Å². The van der Waals surface area contributed by atoms with Crippen molar-refractivity contribution in [3.63, 3.8) is 0 Å². The number of nitrogens with one attached hydrogen (secondary N) is 8. The summed E-state index contributed by atoms with van der Waals surface area (Å²) in [6.07, 6.45) is -3.83. The Bertz CT molecular complexity index is 2070. The molecule has 5 rings (SSSR count). The van der Waals surface area contributed by atoms with Gasteiger partial charge in [-0.05, 0) is 17.5 Å². The SMILES string of the molecule is CC[C@H](C)C1NC(=O)CNC(=O)[C@@H]2Cc3c([nH]c4ccccc34)SC[C@H](NC(=O)CNC1=O)C(=O)N[C@@H](CC(N)=O)C(=O)N1C[C@H](O)C[C@H]1C(=O)N[C@@H]([C@@H](C)[C@@H](O)CO)C(=O)N2. The van der Waals surface area contributed by atoms with Gasteiger partial charge in [-0.2, -0.15) is 0 Å². The number of carbonyl (C=O) groups is 9. The van der Waals surface area contributed by atoms with Crippen molar-refractivity contribution in [2.75, 3.05) is 32.0 Å². The second-order valence-corrected chi connectivity index (χ2v) is 16.8. The number of primary amides is 1. The molecule has 0 spiro atoms. The Labute approximate surface area is 360 Å². The van der Waals surface area contributed by atoms with Crippen LogP contribution in [0.5, 0.6) is 0 Å². The summed E-state index contributed by atoms with van der Waals surface area (Å²) in [5.41, 5.74) is 6.54. The van der Waals surface area contributed by atoms with Crippen molar-refractivity contribution in [3.05, 3.63) is 29.8 Å². The van der Waals surface area contributed by atoms with Gasteiger partial charge >= 0.3 is 0 Å². The minimum atomic E-state index is -1.72. The number of benzene rings is 1. The van der Waals surface area contributed by atoms with Crippen LogP contribution in [0, 0.1) is 11.8 Å². The van der Waals surface area contributed by atoms with Crippen LogP contribution in [-0.2, 0) is 49.6 Å². The van der Waals surface area contributed by atoms with E-state index >= 15 is 0 Å². The highest BCUT2D eigenvalue weighted by atomic mass is 32.2. The second kappa shape index (κ2) is 20.9. The van der Waals surface area contributed by atoms with E-state index < -0.39 is 146 Å². The van der Waals surface area contributed by atoms with E-state index in [1.165, 1.54) is 6.92 Å². The van der Waals surface area contributed by atoms with Crippen molar-refractivity contribution in [2.24, 2.45) is 17.6 Å². The van der Waals surface area contributed by atoms with Crippen molar-refractivity contribution in [3.8, 4) is 0 Å². The first-order valence-corrected chi connectivity index (χ1v) is 21.2. The third kappa shape index (κ3) is 11.4. The molecule has 62 heavy (non-hydrogen) atoms. The Morgan fingerprint density at radius 3 is 2.21 bits per heavy atom. The molecule has 1 saturated heterocycles. The summed E-state index contributed by atoms with van der Waals surface area (Å²) in [6.45, 7) is 2.23. The van der Waals surface area contributed by atoms with E-state index in [0.717, 1.165) is 16.7 Å². The minimum absolute atomic E-state index is 0.246. The number of hydrogen-bond donors (Lipinski definition) is 12. The van der Waals surface area contributed by atoms with Crippen LogP contribution in [-0.4, -0.2) is 159 Å². The molecule has 1 fully saturated rings. The van der Waals surface area contributed by atoms with E-state index in [1.807, 2.05) is 0 Å². The van der Waals surface area contributed by atoms with E-state index in [-0.39, 0.29) is 18.6 Å². The number of rotatable bonds is 7. The molecule has 22 nitrogen and oxygen atoms in total. The molecule has 338 valence electrons. The Kier molecular flexibility index (Phi) is 15.9. The highest BCUT2D eigenvalue weighted by Crippen LogP contribution is 2.32. The molecular weight excluding hydrogens is 833 g/mol. The van der Waals surface area contributed by atoms with Gasteiger partial charge in [0.05, 0.1) is 43.4 Å². The number of aromatic amines is 1. The van der Waals surface area contributed by atoms with Crippen molar-refractivity contribution < 1.29 is 58.5 Å². The standard InChI is InChI=1S/C39H54N10O12S/c1-4-17(2)31-36(59)42-12-29(54)43-25-16-62-38-21(20-7-5-6-8-22(20)46-38)10-23(33(56)41-13-30(55)47-31)44-37(60)32(18(3)27(52)15-50)48-35(58)26-9-19(51)14-49(26)39(61)24(11-28(40)53)45-34(25)57/h5-8,17-19,23-27,31-32,46,50-52H,4,9-16H2,1-3H3,(H2,40,53)(H,41,56)(H,42,59)(H,43,54)(H,44,60)(H,45,57)(H,47,55)(H,48,58)/t17-,18-,19+,23-,24-,25-,26-,27-,31?,32-/m0/s1. The lowest BCUT2D eigenvalue weighted by atomic mass is 9.93. The van der Waals surface area contributed by atoms with E-state index in [1.54, 1.807) is 38.1 Å². The smallest absolute Gasteiger partial charge is 0.246 e. The predicted octanol–water partition coefficient (Wildman–Crippen LogP) is -4.64. The second-order valence-electron chi connectivity index (χ2n) is 15.8. The zero-order valence-electron chi connectivity index (χ0n) is 34.4. The number of aromatic nitrogens is 1. The van der Waals surface area contributed by atoms with Crippen LogP contribution in [0.15, 0.2) is 29.3 Å². The first-order valence-electron chi connectivity index (χ1n) is 20.3. The topological polar surface area (TPSA) is 344 Å². The van der Waals surface area contributed by atoms with Gasteiger partial charge in [0.1, 0.15) is 36.3 Å². The summed E-state index contributed by atoms with van der Waals surface area (Å²) >= 11 is 1.02. The zero-order chi connectivity index (χ0) is 45.4. The molecule has 3 aliphatic heterocycles. The minimum Gasteiger partial charge on any atom is -0.394 e. The van der Waals surface area contributed by atoms with Crippen LogP contribution < -0.4 is 43.0 Å². The quantitative estimate of drug-likeness (QED) is 0.125. The van der Waals surface area contributed by atoms with E-state index in [0.29, 0.717) is 27.9 Å². The molecule has 23 heteroatoms. The Morgan fingerprint density at radius 1 is 0.855 bits per heavy atom. The van der Waals surface area contributed by atoms with E-state index in [4.69, 9.17) is 5.73 Å². The van der Waals surface area contributed by atoms with Gasteiger partial charge in [-0.1, -0.05) is 45.4 Å². The molecule has 0 radical (unpaired) electrons. The highest BCUT2D eigenvalue weighted by molar-refractivity contribution is 7.99. The third-order valence-electron chi connectivity index (χ3n) is 11.3. The number of aliphatic hydroxyl groups excluding tert-OH is 3. The molecule has 2 aromatic rings. The van der Waals surface area contributed by atoms with Gasteiger partial charge in [0, 0.05) is 42.0 Å². The number of amides is 9. The Balaban J connectivity index is 1.69. The maximum absolute atomic E-state index is 14.4. The normalized spacial score (nSPS) is 27.8. The van der Waals surface area contributed by atoms with Gasteiger partial charge in [-0.15, -0.1) is 11.8 Å². The Hall–Kier alpha value is -5.78. The molecule has 1 aromatic carbocycles. The summed E-state index contributed by atoms with van der Waals surface area (Å²) in [5.74, 6) is -10.2. The number of para-hydroxylation sites is 1. The molecule has 13 N–H and O–H groups in total.